The number of halogens is 2. The van der Waals surface area contributed by atoms with Gasteiger partial charge in [-0.15, -0.1) is 11.3 Å². The Morgan fingerprint density at radius 3 is 2.08 bits per heavy atom. The lowest BCUT2D eigenvalue weighted by Crippen LogP contribution is -2.08. The maximum Gasteiger partial charge on any atom is 0.226 e. The van der Waals surface area contributed by atoms with Gasteiger partial charge in [-0.05, 0) is 36.4 Å². The average Bonchev–Trinajstić information content (AvgIpc) is 3.02. The summed E-state index contributed by atoms with van der Waals surface area (Å²) >= 11 is 6.59. The number of hydrogen-bond acceptors (Lipinski definition) is 6. The molecule has 0 bridgehead atoms. The molecule has 0 saturated heterocycles. The average molecular weight is 432 g/mol. The number of nitrogens with zero attached hydrogens (tertiary/aromatic N) is 1. The summed E-state index contributed by atoms with van der Waals surface area (Å²) in [7, 11) is -8.09. The van der Waals surface area contributed by atoms with Crippen molar-refractivity contribution in [3.63, 3.8) is 0 Å². The van der Waals surface area contributed by atoms with Gasteiger partial charge < -0.3 is 0 Å². The molecule has 0 radical (unpaired) electrons. The topological polar surface area (TPSA) is 81.2 Å². The summed E-state index contributed by atoms with van der Waals surface area (Å²) < 4.78 is 62.6. The molecule has 0 spiro atoms. The van der Waals surface area contributed by atoms with Crippen LogP contribution in [0, 0.1) is 5.82 Å². The molecule has 1 aromatic heterocycles. The van der Waals surface area contributed by atoms with Crippen LogP contribution in [0.25, 0.3) is 10.6 Å². The Morgan fingerprint density at radius 1 is 0.962 bits per heavy atom. The van der Waals surface area contributed by atoms with Gasteiger partial charge in [-0.2, -0.15) is 0 Å². The third-order valence-corrected chi connectivity index (χ3v) is 8.51. The second-order valence-corrected chi connectivity index (χ2v) is 10.9. The van der Waals surface area contributed by atoms with Crippen molar-refractivity contribution in [2.24, 2.45) is 0 Å². The van der Waals surface area contributed by atoms with E-state index in [0.717, 1.165) is 41.9 Å². The van der Waals surface area contributed by atoms with E-state index in [1.807, 2.05) is 0 Å². The monoisotopic (exact) mass is 431 g/mol. The Kier molecular flexibility index (Phi) is 4.91. The fourth-order valence-electron chi connectivity index (χ4n) is 2.14. The zero-order chi connectivity index (χ0) is 19.1. The molecule has 0 saturated carbocycles. The fraction of sp³-hybridized carbons (Fsp3) is 0.0625. The third kappa shape index (κ3) is 3.66. The lowest BCUT2D eigenvalue weighted by molar-refractivity contribution is 0.583. The molecule has 5 nitrogen and oxygen atoms in total. The highest BCUT2D eigenvalue weighted by atomic mass is 35.5. The number of sulfone groups is 2. The third-order valence-electron chi connectivity index (χ3n) is 3.37. The van der Waals surface area contributed by atoms with Crippen molar-refractivity contribution in [3.05, 3.63) is 59.4 Å². The molecule has 26 heavy (non-hydrogen) atoms. The summed E-state index contributed by atoms with van der Waals surface area (Å²) in [4.78, 5) is 3.82. The first kappa shape index (κ1) is 19.0. The molecular weight excluding hydrogens is 421 g/mol. The van der Waals surface area contributed by atoms with Crippen LogP contribution in [0.5, 0.6) is 0 Å². The molecule has 0 aliphatic carbocycles. The molecule has 2 aromatic carbocycles. The minimum atomic E-state index is -4.24. The summed E-state index contributed by atoms with van der Waals surface area (Å²) in [6.07, 6.45) is 0.913. The highest BCUT2D eigenvalue weighted by Crippen LogP contribution is 2.36. The van der Waals surface area contributed by atoms with E-state index in [2.05, 4.69) is 4.98 Å². The van der Waals surface area contributed by atoms with E-state index in [0.29, 0.717) is 10.6 Å². The molecule has 0 unspecified atom stereocenters. The molecule has 0 aliphatic rings. The smallest absolute Gasteiger partial charge is 0.223 e. The maximum absolute atomic E-state index is 13.1. The summed E-state index contributed by atoms with van der Waals surface area (Å²) in [5, 5.41) is 0.136. The lowest BCUT2D eigenvalue weighted by atomic mass is 10.2. The normalized spacial score (nSPS) is 12.3. The van der Waals surface area contributed by atoms with Crippen molar-refractivity contribution in [1.29, 1.82) is 0 Å². The predicted octanol–water partition coefficient (Wildman–Crippen LogP) is 3.84. The van der Waals surface area contributed by atoms with E-state index in [4.69, 9.17) is 11.6 Å². The second-order valence-electron chi connectivity index (χ2n) is 5.35. The molecule has 10 heteroatoms. The highest BCUT2D eigenvalue weighted by Gasteiger charge is 2.31. The van der Waals surface area contributed by atoms with E-state index in [1.54, 1.807) is 24.3 Å². The van der Waals surface area contributed by atoms with Crippen LogP contribution in [0.1, 0.15) is 0 Å². The first-order chi connectivity index (χ1) is 12.1. The van der Waals surface area contributed by atoms with Crippen LogP contribution in [0.2, 0.25) is 5.02 Å². The zero-order valence-electron chi connectivity index (χ0n) is 13.2. The Bertz CT molecular complexity index is 1170. The minimum absolute atomic E-state index is 0.225. The minimum Gasteiger partial charge on any atom is -0.223 e. The molecule has 0 fully saturated rings. The van der Waals surface area contributed by atoms with Crippen LogP contribution in [-0.2, 0) is 19.7 Å². The van der Waals surface area contributed by atoms with Crippen molar-refractivity contribution in [2.75, 3.05) is 6.26 Å². The molecule has 1 heterocycles. The van der Waals surface area contributed by atoms with Crippen molar-refractivity contribution in [3.8, 4) is 10.6 Å². The fourth-order valence-corrected chi connectivity index (χ4v) is 6.61. The Balaban J connectivity index is 2.23. The van der Waals surface area contributed by atoms with Crippen LogP contribution in [0.3, 0.4) is 0 Å². The quantitative estimate of drug-likeness (QED) is 0.586. The molecule has 136 valence electrons. The van der Waals surface area contributed by atoms with Gasteiger partial charge in [0.1, 0.15) is 10.8 Å². The van der Waals surface area contributed by atoms with Gasteiger partial charge in [-0.25, -0.2) is 26.2 Å². The van der Waals surface area contributed by atoms with Gasteiger partial charge in [-0.1, -0.05) is 23.7 Å². The highest BCUT2D eigenvalue weighted by molar-refractivity contribution is 7.95. The molecule has 3 rings (SSSR count). The van der Waals surface area contributed by atoms with E-state index in [9.17, 15) is 21.2 Å². The lowest BCUT2D eigenvalue weighted by Gasteiger charge is -2.03. The van der Waals surface area contributed by atoms with Gasteiger partial charge in [0.2, 0.25) is 9.84 Å². The molecule has 0 aliphatic heterocycles. The van der Waals surface area contributed by atoms with Gasteiger partial charge in [-0.3, -0.25) is 0 Å². The standard InChI is InChI=1S/C16H11ClFNO4S3/c1-25(20,21)16-15(26(22,23)13-8-6-12(18)7-9-13)19-14(24-16)10-2-4-11(17)5-3-10/h2-9H,1H3. The molecule has 3 aromatic rings. The van der Waals surface area contributed by atoms with Crippen LogP contribution >= 0.6 is 22.9 Å². The van der Waals surface area contributed by atoms with Crippen LogP contribution < -0.4 is 0 Å². The number of aromatic nitrogens is 1. The summed E-state index contributed by atoms with van der Waals surface area (Å²) in [5.41, 5.74) is 0.532. The number of rotatable bonds is 4. The number of benzene rings is 2. The van der Waals surface area contributed by atoms with E-state index < -0.39 is 30.5 Å². The number of thiazole rings is 1. The Hall–Kier alpha value is -1.81. The first-order valence-electron chi connectivity index (χ1n) is 7.06. The van der Waals surface area contributed by atoms with Crippen LogP contribution in [-0.4, -0.2) is 28.1 Å². The number of hydrogen-bond donors (Lipinski definition) is 0. The second kappa shape index (κ2) is 6.73. The molecule has 0 N–H and O–H groups in total. The molecule has 0 amide bonds. The van der Waals surface area contributed by atoms with E-state index in [1.165, 1.54) is 0 Å². The van der Waals surface area contributed by atoms with Gasteiger partial charge in [0.25, 0.3) is 0 Å². The van der Waals surface area contributed by atoms with Gasteiger partial charge in [0, 0.05) is 16.8 Å². The zero-order valence-corrected chi connectivity index (χ0v) is 16.4. The van der Waals surface area contributed by atoms with E-state index in [-0.39, 0.29) is 14.1 Å². The summed E-state index contributed by atoms with van der Waals surface area (Å²) in [6.45, 7) is 0. The maximum atomic E-state index is 13.1. The van der Waals surface area contributed by atoms with Crippen LogP contribution in [0.4, 0.5) is 4.39 Å². The van der Waals surface area contributed by atoms with Crippen molar-refractivity contribution in [1.82, 2.24) is 4.98 Å². The summed E-state index contributed by atoms with van der Waals surface area (Å²) in [5.74, 6) is -0.604. The van der Waals surface area contributed by atoms with Crippen LogP contribution in [0.15, 0.2) is 62.7 Å². The van der Waals surface area contributed by atoms with Crippen molar-refractivity contribution >= 4 is 42.6 Å². The Morgan fingerprint density at radius 2 is 1.54 bits per heavy atom. The van der Waals surface area contributed by atoms with Gasteiger partial charge in [0.05, 0.1) is 4.90 Å². The SMILES string of the molecule is CS(=O)(=O)c1sc(-c2ccc(Cl)cc2)nc1S(=O)(=O)c1ccc(F)cc1. The Labute approximate surface area is 158 Å². The van der Waals surface area contributed by atoms with Crippen molar-refractivity contribution < 1.29 is 21.2 Å². The predicted molar refractivity (Wildman–Crippen MR) is 97.5 cm³/mol. The van der Waals surface area contributed by atoms with Gasteiger partial charge >= 0.3 is 0 Å². The largest absolute Gasteiger partial charge is 0.226 e. The molecule has 0 atom stereocenters. The van der Waals surface area contributed by atoms with E-state index >= 15 is 0 Å². The van der Waals surface area contributed by atoms with Crippen molar-refractivity contribution in [2.45, 2.75) is 14.1 Å². The molecular formula is C16H11ClFNO4S3. The summed E-state index contributed by atoms with van der Waals surface area (Å²) in [6, 6.07) is 10.5. The first-order valence-corrected chi connectivity index (χ1v) is 11.6. The van der Waals surface area contributed by atoms with Gasteiger partial charge in [0.15, 0.2) is 19.1 Å².